The van der Waals surface area contributed by atoms with Crippen molar-refractivity contribution in [3.05, 3.63) is 35.6 Å². The van der Waals surface area contributed by atoms with E-state index >= 15 is 0 Å². The molecule has 1 saturated carbocycles. The molecule has 3 heteroatoms. The third-order valence-corrected chi connectivity index (χ3v) is 3.52. The Morgan fingerprint density at radius 1 is 1.41 bits per heavy atom. The molecule has 1 atom stereocenters. The van der Waals surface area contributed by atoms with E-state index in [0.717, 1.165) is 12.1 Å². The molecule has 1 fully saturated rings. The Balaban J connectivity index is 1.93. The van der Waals surface area contributed by atoms with Crippen molar-refractivity contribution >= 4 is 0 Å². The molecule has 1 aliphatic rings. The minimum atomic E-state index is -0.139. The molecule has 2 N–H and O–H groups in total. The van der Waals surface area contributed by atoms with Gasteiger partial charge in [0, 0.05) is 24.2 Å². The number of rotatable bonds is 5. The van der Waals surface area contributed by atoms with Crippen LogP contribution in [0.4, 0.5) is 4.39 Å². The smallest absolute Gasteiger partial charge is 0.127 e. The van der Waals surface area contributed by atoms with Crippen molar-refractivity contribution in [1.82, 2.24) is 4.90 Å². The summed E-state index contributed by atoms with van der Waals surface area (Å²) in [7, 11) is 2.00. The minimum absolute atomic E-state index is 0.135. The normalized spacial score (nSPS) is 19.4. The SMILES string of the molecule is CN(Cc1ccccc1F)CC(C)(N)C1CC1. The fourth-order valence-corrected chi connectivity index (χ4v) is 2.43. The van der Waals surface area contributed by atoms with Gasteiger partial charge in [0.2, 0.25) is 0 Å². The van der Waals surface area contributed by atoms with E-state index < -0.39 is 0 Å². The van der Waals surface area contributed by atoms with Crippen LogP contribution in [-0.4, -0.2) is 24.0 Å². The van der Waals surface area contributed by atoms with E-state index in [0.29, 0.717) is 12.5 Å². The molecule has 2 nitrogen and oxygen atoms in total. The number of hydrogen-bond donors (Lipinski definition) is 1. The number of nitrogens with two attached hydrogens (primary N) is 1. The maximum absolute atomic E-state index is 13.5. The zero-order chi connectivity index (χ0) is 12.5. The lowest BCUT2D eigenvalue weighted by atomic mass is 9.96. The van der Waals surface area contributed by atoms with Crippen molar-refractivity contribution in [2.45, 2.75) is 31.8 Å². The summed E-state index contributed by atoms with van der Waals surface area (Å²) in [6, 6.07) is 6.92. The standard InChI is InChI=1S/C14H21FN2/c1-14(16,12-7-8-12)10-17(2)9-11-5-3-4-6-13(11)15/h3-6,12H,7-10,16H2,1-2H3. The summed E-state index contributed by atoms with van der Waals surface area (Å²) in [5, 5.41) is 0. The van der Waals surface area contributed by atoms with Crippen LogP contribution in [0, 0.1) is 11.7 Å². The maximum atomic E-state index is 13.5. The van der Waals surface area contributed by atoms with Gasteiger partial charge in [-0.1, -0.05) is 18.2 Å². The molecule has 1 aromatic rings. The number of halogens is 1. The van der Waals surface area contributed by atoms with Crippen LogP contribution in [0.5, 0.6) is 0 Å². The summed E-state index contributed by atoms with van der Waals surface area (Å²) >= 11 is 0. The third kappa shape index (κ3) is 3.27. The molecule has 1 aliphatic carbocycles. The summed E-state index contributed by atoms with van der Waals surface area (Å²) in [5.41, 5.74) is 6.88. The molecule has 2 rings (SSSR count). The van der Waals surface area contributed by atoms with Gasteiger partial charge in [-0.15, -0.1) is 0 Å². The summed E-state index contributed by atoms with van der Waals surface area (Å²) in [5.74, 6) is 0.509. The van der Waals surface area contributed by atoms with E-state index in [9.17, 15) is 4.39 Å². The van der Waals surface area contributed by atoms with Crippen LogP contribution in [0.2, 0.25) is 0 Å². The van der Waals surface area contributed by atoms with E-state index in [2.05, 4.69) is 11.8 Å². The minimum Gasteiger partial charge on any atom is -0.324 e. The molecule has 1 aromatic carbocycles. The second-order valence-electron chi connectivity index (χ2n) is 5.54. The third-order valence-electron chi connectivity index (χ3n) is 3.52. The summed E-state index contributed by atoms with van der Waals surface area (Å²) in [6.45, 7) is 3.53. The fourth-order valence-electron chi connectivity index (χ4n) is 2.43. The second-order valence-corrected chi connectivity index (χ2v) is 5.54. The van der Waals surface area contributed by atoms with Gasteiger partial charge in [-0.3, -0.25) is 0 Å². The van der Waals surface area contributed by atoms with E-state index in [1.165, 1.54) is 18.9 Å². The lowest BCUT2D eigenvalue weighted by Crippen LogP contribution is -2.48. The first-order valence-corrected chi connectivity index (χ1v) is 6.20. The Bertz CT molecular complexity index is 386. The molecule has 0 spiro atoms. The highest BCUT2D eigenvalue weighted by Gasteiger charge is 2.38. The second kappa shape index (κ2) is 4.75. The van der Waals surface area contributed by atoms with Crippen LogP contribution >= 0.6 is 0 Å². The Morgan fingerprint density at radius 3 is 2.65 bits per heavy atom. The van der Waals surface area contributed by atoms with Crippen molar-refractivity contribution < 1.29 is 4.39 Å². The molecule has 0 saturated heterocycles. The lowest BCUT2D eigenvalue weighted by Gasteiger charge is -2.30. The predicted octanol–water partition coefficient (Wildman–Crippen LogP) is 2.38. The molecule has 94 valence electrons. The van der Waals surface area contributed by atoms with Gasteiger partial charge in [-0.2, -0.15) is 0 Å². The van der Waals surface area contributed by atoms with E-state index in [4.69, 9.17) is 5.73 Å². The van der Waals surface area contributed by atoms with Gasteiger partial charge >= 0.3 is 0 Å². The molecular weight excluding hydrogens is 215 g/mol. The molecule has 0 amide bonds. The predicted molar refractivity (Wildman–Crippen MR) is 68.1 cm³/mol. The van der Waals surface area contributed by atoms with E-state index in [1.54, 1.807) is 6.07 Å². The average molecular weight is 236 g/mol. The molecule has 0 heterocycles. The van der Waals surface area contributed by atoms with Crippen LogP contribution in [-0.2, 0) is 6.54 Å². The molecule has 0 aromatic heterocycles. The number of hydrogen-bond acceptors (Lipinski definition) is 2. The number of nitrogens with zero attached hydrogens (tertiary/aromatic N) is 1. The maximum Gasteiger partial charge on any atom is 0.127 e. The van der Waals surface area contributed by atoms with Crippen molar-refractivity contribution in [1.29, 1.82) is 0 Å². The summed E-state index contributed by atoms with van der Waals surface area (Å²) in [6.07, 6.45) is 2.47. The average Bonchev–Trinajstić information content (AvgIpc) is 3.04. The van der Waals surface area contributed by atoms with Gasteiger partial charge in [-0.05, 0) is 38.8 Å². The van der Waals surface area contributed by atoms with Crippen molar-refractivity contribution in [3.8, 4) is 0 Å². The zero-order valence-corrected chi connectivity index (χ0v) is 10.6. The number of benzene rings is 1. The highest BCUT2D eigenvalue weighted by atomic mass is 19.1. The van der Waals surface area contributed by atoms with E-state index in [1.807, 2.05) is 19.2 Å². The molecule has 17 heavy (non-hydrogen) atoms. The van der Waals surface area contributed by atoms with Crippen LogP contribution in [0.15, 0.2) is 24.3 Å². The van der Waals surface area contributed by atoms with Gasteiger partial charge in [-0.25, -0.2) is 4.39 Å². The molecule has 0 aliphatic heterocycles. The summed E-state index contributed by atoms with van der Waals surface area (Å²) < 4.78 is 13.5. The number of likely N-dealkylation sites (N-methyl/N-ethyl adjacent to an activating group) is 1. The molecule has 1 unspecified atom stereocenters. The van der Waals surface area contributed by atoms with Gasteiger partial charge in [0.15, 0.2) is 0 Å². The Labute approximate surface area is 103 Å². The van der Waals surface area contributed by atoms with E-state index in [-0.39, 0.29) is 11.4 Å². The summed E-state index contributed by atoms with van der Waals surface area (Å²) in [4.78, 5) is 2.11. The van der Waals surface area contributed by atoms with Crippen LogP contribution in [0.3, 0.4) is 0 Å². The highest BCUT2D eigenvalue weighted by molar-refractivity contribution is 5.17. The first kappa shape index (κ1) is 12.5. The van der Waals surface area contributed by atoms with Crippen LogP contribution in [0.1, 0.15) is 25.3 Å². The Kier molecular flexibility index (Phi) is 3.50. The van der Waals surface area contributed by atoms with Crippen LogP contribution < -0.4 is 5.73 Å². The van der Waals surface area contributed by atoms with Crippen molar-refractivity contribution in [2.24, 2.45) is 11.7 Å². The van der Waals surface area contributed by atoms with Crippen molar-refractivity contribution in [2.75, 3.05) is 13.6 Å². The first-order valence-electron chi connectivity index (χ1n) is 6.20. The van der Waals surface area contributed by atoms with Gasteiger partial charge < -0.3 is 10.6 Å². The quantitative estimate of drug-likeness (QED) is 0.850. The van der Waals surface area contributed by atoms with Crippen molar-refractivity contribution in [3.63, 3.8) is 0 Å². The largest absolute Gasteiger partial charge is 0.324 e. The zero-order valence-electron chi connectivity index (χ0n) is 10.6. The highest BCUT2D eigenvalue weighted by Crippen LogP contribution is 2.38. The van der Waals surface area contributed by atoms with Gasteiger partial charge in [0.1, 0.15) is 5.82 Å². The Morgan fingerprint density at radius 2 is 2.06 bits per heavy atom. The van der Waals surface area contributed by atoms with Crippen LogP contribution in [0.25, 0.3) is 0 Å². The molecule has 0 bridgehead atoms. The molecule has 0 radical (unpaired) electrons. The first-order chi connectivity index (χ1) is 7.99. The van der Waals surface area contributed by atoms with Gasteiger partial charge in [0.25, 0.3) is 0 Å². The topological polar surface area (TPSA) is 29.3 Å². The lowest BCUT2D eigenvalue weighted by molar-refractivity contribution is 0.230. The Hall–Kier alpha value is -0.930. The molecular formula is C14H21FN2. The van der Waals surface area contributed by atoms with Gasteiger partial charge in [0.05, 0.1) is 0 Å². The fraction of sp³-hybridized carbons (Fsp3) is 0.571. The monoisotopic (exact) mass is 236 g/mol.